The molecule has 0 aromatic heterocycles. The summed E-state index contributed by atoms with van der Waals surface area (Å²) in [5, 5.41) is 0.141. The van der Waals surface area contributed by atoms with Gasteiger partial charge < -0.3 is 0 Å². The minimum Gasteiger partial charge on any atom is -0.206 e. The molecule has 3 aromatic rings. The first kappa shape index (κ1) is 23.6. The number of hydrogen-bond acceptors (Lipinski definition) is 0. The number of fused-ring (bicyclic) bond motifs is 1. The lowest BCUT2D eigenvalue weighted by Gasteiger charge is -2.26. The zero-order valence-electron chi connectivity index (χ0n) is 19.6. The van der Waals surface area contributed by atoms with Gasteiger partial charge in [-0.25, -0.2) is 13.2 Å². The lowest BCUT2D eigenvalue weighted by molar-refractivity contribution is 0.296. The molecule has 0 spiro atoms. The van der Waals surface area contributed by atoms with Crippen LogP contribution in [0.1, 0.15) is 63.5 Å². The van der Waals surface area contributed by atoms with E-state index in [0.717, 1.165) is 24.7 Å². The van der Waals surface area contributed by atoms with Crippen LogP contribution in [0, 0.1) is 29.3 Å². The fraction of sp³-hybridized carbons (Fsp3) is 0.400. The van der Waals surface area contributed by atoms with E-state index >= 15 is 0 Å². The molecule has 0 nitrogen and oxygen atoms in total. The van der Waals surface area contributed by atoms with Crippen molar-refractivity contribution in [2.75, 3.05) is 0 Å². The SMILES string of the molecule is C/C=C/C1CCC(CCc2ccc(-c3cc4ccc(CCC)c(F)c4c(F)c3F)cc2)CC1. The van der Waals surface area contributed by atoms with Gasteiger partial charge in [-0.05, 0) is 91.8 Å². The number of benzene rings is 3. The van der Waals surface area contributed by atoms with Crippen LogP contribution in [0.5, 0.6) is 0 Å². The average Bonchev–Trinajstić information content (AvgIpc) is 2.83. The van der Waals surface area contributed by atoms with Gasteiger partial charge in [0, 0.05) is 5.56 Å². The van der Waals surface area contributed by atoms with Crippen LogP contribution in [0.15, 0.2) is 54.6 Å². The third kappa shape index (κ3) is 5.18. The molecule has 0 bridgehead atoms. The average molecular weight is 451 g/mol. The van der Waals surface area contributed by atoms with Gasteiger partial charge in [0.1, 0.15) is 5.82 Å². The minimum absolute atomic E-state index is 0.177. The second-order valence-electron chi connectivity index (χ2n) is 9.48. The lowest BCUT2D eigenvalue weighted by Crippen LogP contribution is -2.13. The van der Waals surface area contributed by atoms with E-state index in [9.17, 15) is 13.2 Å². The third-order valence-corrected chi connectivity index (χ3v) is 7.18. The van der Waals surface area contributed by atoms with Crippen molar-refractivity contribution >= 4 is 10.8 Å². The first-order chi connectivity index (χ1) is 16.0. The quantitative estimate of drug-likeness (QED) is 0.315. The van der Waals surface area contributed by atoms with Gasteiger partial charge in [-0.15, -0.1) is 0 Å². The zero-order valence-corrected chi connectivity index (χ0v) is 19.6. The Bertz CT molecular complexity index is 1120. The molecule has 3 heteroatoms. The van der Waals surface area contributed by atoms with E-state index in [1.165, 1.54) is 37.7 Å². The van der Waals surface area contributed by atoms with Crippen LogP contribution >= 0.6 is 0 Å². The Kier molecular flexibility index (Phi) is 7.57. The van der Waals surface area contributed by atoms with Gasteiger partial charge in [0.25, 0.3) is 0 Å². The third-order valence-electron chi connectivity index (χ3n) is 7.18. The van der Waals surface area contributed by atoms with Gasteiger partial charge in [-0.2, -0.15) is 0 Å². The minimum atomic E-state index is -1.10. The molecule has 1 fully saturated rings. The summed E-state index contributed by atoms with van der Waals surface area (Å²) in [4.78, 5) is 0. The molecule has 33 heavy (non-hydrogen) atoms. The van der Waals surface area contributed by atoms with Gasteiger partial charge in [0.2, 0.25) is 0 Å². The molecule has 0 amide bonds. The van der Waals surface area contributed by atoms with Crippen LogP contribution in [0.2, 0.25) is 0 Å². The normalized spacial score (nSPS) is 18.9. The van der Waals surface area contributed by atoms with Crippen LogP contribution in [0.25, 0.3) is 21.9 Å². The Hall–Kier alpha value is -2.55. The van der Waals surface area contributed by atoms with Crippen molar-refractivity contribution in [1.29, 1.82) is 0 Å². The molecule has 0 radical (unpaired) electrons. The highest BCUT2D eigenvalue weighted by atomic mass is 19.2. The molecule has 0 heterocycles. The van der Waals surface area contributed by atoms with Gasteiger partial charge in [0.15, 0.2) is 11.6 Å². The number of rotatable bonds is 7. The van der Waals surface area contributed by atoms with Crippen molar-refractivity contribution in [3.05, 3.63) is 83.2 Å². The Morgan fingerprint density at radius 3 is 2.24 bits per heavy atom. The fourth-order valence-electron chi connectivity index (χ4n) is 5.26. The molecular weight excluding hydrogens is 417 g/mol. The van der Waals surface area contributed by atoms with E-state index < -0.39 is 17.5 Å². The van der Waals surface area contributed by atoms with E-state index in [1.54, 1.807) is 18.2 Å². The van der Waals surface area contributed by atoms with E-state index in [0.29, 0.717) is 22.9 Å². The molecule has 0 atom stereocenters. The van der Waals surface area contributed by atoms with Gasteiger partial charge in [-0.3, -0.25) is 0 Å². The Morgan fingerprint density at radius 1 is 0.848 bits per heavy atom. The number of halogens is 3. The smallest absolute Gasteiger partial charge is 0.170 e. The Balaban J connectivity index is 1.49. The molecular formula is C30H33F3. The largest absolute Gasteiger partial charge is 0.206 e. The van der Waals surface area contributed by atoms with E-state index in [-0.39, 0.29) is 10.9 Å². The topological polar surface area (TPSA) is 0 Å². The maximum atomic E-state index is 14.9. The fourth-order valence-corrected chi connectivity index (χ4v) is 5.26. The van der Waals surface area contributed by atoms with Crippen molar-refractivity contribution < 1.29 is 13.2 Å². The highest BCUT2D eigenvalue weighted by molar-refractivity contribution is 5.89. The van der Waals surface area contributed by atoms with Crippen molar-refractivity contribution in [1.82, 2.24) is 0 Å². The van der Waals surface area contributed by atoms with Crippen LogP contribution < -0.4 is 0 Å². The second kappa shape index (κ2) is 10.6. The maximum Gasteiger partial charge on any atom is 0.170 e. The molecule has 1 aliphatic carbocycles. The molecule has 4 rings (SSSR count). The first-order valence-corrected chi connectivity index (χ1v) is 12.3. The van der Waals surface area contributed by atoms with E-state index in [2.05, 4.69) is 19.1 Å². The predicted octanol–water partition coefficient (Wildman–Crippen LogP) is 9.19. The molecule has 1 aliphatic rings. The Labute approximate surface area is 195 Å². The summed E-state index contributed by atoms with van der Waals surface area (Å²) in [6.45, 7) is 4.03. The molecule has 0 N–H and O–H groups in total. The van der Waals surface area contributed by atoms with E-state index in [1.807, 2.05) is 31.2 Å². The zero-order chi connectivity index (χ0) is 23.4. The highest BCUT2D eigenvalue weighted by Gasteiger charge is 2.21. The monoisotopic (exact) mass is 450 g/mol. The van der Waals surface area contributed by atoms with Gasteiger partial charge in [-0.1, -0.05) is 61.9 Å². The summed E-state index contributed by atoms with van der Waals surface area (Å²) in [5.41, 5.74) is 2.43. The summed E-state index contributed by atoms with van der Waals surface area (Å²) in [5.74, 6) is -1.22. The van der Waals surface area contributed by atoms with Crippen molar-refractivity contribution in [2.24, 2.45) is 11.8 Å². The maximum absolute atomic E-state index is 14.9. The summed E-state index contributed by atoms with van der Waals surface area (Å²) in [6.07, 6.45) is 13.0. The second-order valence-corrected chi connectivity index (χ2v) is 9.48. The summed E-state index contributed by atoms with van der Waals surface area (Å²) in [7, 11) is 0. The van der Waals surface area contributed by atoms with Crippen molar-refractivity contribution in [3.63, 3.8) is 0 Å². The number of hydrogen-bond donors (Lipinski definition) is 0. The molecule has 0 aliphatic heterocycles. The first-order valence-electron chi connectivity index (χ1n) is 12.3. The molecule has 1 saturated carbocycles. The van der Waals surface area contributed by atoms with Gasteiger partial charge >= 0.3 is 0 Å². The lowest BCUT2D eigenvalue weighted by atomic mass is 9.79. The highest BCUT2D eigenvalue weighted by Crippen LogP contribution is 2.35. The van der Waals surface area contributed by atoms with Crippen LogP contribution in [-0.4, -0.2) is 0 Å². The summed E-state index contributed by atoms with van der Waals surface area (Å²) in [6, 6.07) is 12.6. The molecule has 3 aromatic carbocycles. The number of aryl methyl sites for hydroxylation is 2. The van der Waals surface area contributed by atoms with Gasteiger partial charge in [0.05, 0.1) is 5.39 Å². The molecule has 0 saturated heterocycles. The van der Waals surface area contributed by atoms with Crippen molar-refractivity contribution in [2.45, 2.75) is 65.2 Å². The Morgan fingerprint density at radius 2 is 1.58 bits per heavy atom. The molecule has 0 unspecified atom stereocenters. The van der Waals surface area contributed by atoms with Crippen LogP contribution in [-0.2, 0) is 12.8 Å². The summed E-state index contributed by atoms with van der Waals surface area (Å²) < 4.78 is 44.6. The predicted molar refractivity (Wildman–Crippen MR) is 132 cm³/mol. The molecule has 174 valence electrons. The number of allylic oxidation sites excluding steroid dienone is 2. The van der Waals surface area contributed by atoms with Crippen LogP contribution in [0.3, 0.4) is 0 Å². The van der Waals surface area contributed by atoms with E-state index in [4.69, 9.17) is 0 Å². The van der Waals surface area contributed by atoms with Crippen LogP contribution in [0.4, 0.5) is 13.2 Å². The standard InChI is InChI=1S/C30H33F3/c1-3-5-20-7-9-21(10-8-20)11-12-22-13-15-23(16-14-22)26-19-25-18-17-24(6-4-2)28(31)27(25)30(33)29(26)32/h3,5,13-21H,4,6-12H2,1-2H3/b5-3+. The van der Waals surface area contributed by atoms with Crippen molar-refractivity contribution in [3.8, 4) is 11.1 Å². The summed E-state index contributed by atoms with van der Waals surface area (Å²) >= 11 is 0.